The van der Waals surface area contributed by atoms with Crippen LogP contribution >= 0.6 is 0 Å². The predicted octanol–water partition coefficient (Wildman–Crippen LogP) is 1.47. The number of carbonyl (C=O) groups is 1. The fourth-order valence-electron chi connectivity index (χ4n) is 1.67. The normalized spacial score (nSPS) is 14.1. The molecule has 1 aromatic carbocycles. The molecule has 0 fully saturated rings. The Labute approximate surface area is 101 Å². The van der Waals surface area contributed by atoms with Gasteiger partial charge in [0.15, 0.2) is 0 Å². The first-order chi connectivity index (χ1) is 8.12. The molecule has 0 bridgehead atoms. The molecule has 0 radical (unpaired) electrons. The number of carbonyl (C=O) groups excluding carboxylic acids is 1. The molecule has 4 nitrogen and oxygen atoms in total. The van der Waals surface area contributed by atoms with Crippen LogP contribution in [0.4, 0.5) is 0 Å². The zero-order valence-corrected chi connectivity index (χ0v) is 10.2. The van der Waals surface area contributed by atoms with Crippen LogP contribution in [0.2, 0.25) is 0 Å². The van der Waals surface area contributed by atoms with Crippen LogP contribution in [0.25, 0.3) is 0 Å². The highest BCUT2D eigenvalue weighted by molar-refractivity contribution is 5.71. The number of aliphatic hydroxyl groups is 1. The van der Waals surface area contributed by atoms with Gasteiger partial charge in [-0.25, -0.2) is 0 Å². The van der Waals surface area contributed by atoms with Crippen molar-refractivity contribution in [3.05, 3.63) is 35.9 Å². The lowest BCUT2D eigenvalue weighted by Gasteiger charge is -2.26. The van der Waals surface area contributed by atoms with E-state index in [-0.39, 0.29) is 13.0 Å². The van der Waals surface area contributed by atoms with E-state index in [0.717, 1.165) is 0 Å². The molecule has 17 heavy (non-hydrogen) atoms. The van der Waals surface area contributed by atoms with Crippen LogP contribution in [0.3, 0.4) is 0 Å². The topological polar surface area (TPSA) is 55.8 Å². The molecule has 0 aliphatic carbocycles. The van der Waals surface area contributed by atoms with Crippen molar-refractivity contribution in [1.82, 2.24) is 0 Å². The number of ether oxygens (including phenoxy) is 2. The zero-order valence-electron chi connectivity index (χ0n) is 10.2. The minimum atomic E-state index is -1.33. The zero-order chi connectivity index (χ0) is 12.7. The van der Waals surface area contributed by atoms with Crippen molar-refractivity contribution in [2.75, 3.05) is 20.3 Å². The standard InChI is InChI=1S/C13H18O4/c1-3-17-12(14)9-13(15,10-16-2)11-7-5-4-6-8-11/h4-8,15H,3,9-10H2,1-2H3/t13-/m0/s1. The lowest BCUT2D eigenvalue weighted by molar-refractivity contribution is -0.151. The summed E-state index contributed by atoms with van der Waals surface area (Å²) in [6.07, 6.45) is -0.112. The SMILES string of the molecule is CCOC(=O)C[C@](O)(COC)c1ccccc1. The van der Waals surface area contributed by atoms with Gasteiger partial charge < -0.3 is 14.6 Å². The molecule has 0 unspecified atom stereocenters. The van der Waals surface area contributed by atoms with Gasteiger partial charge in [-0.15, -0.1) is 0 Å². The third-order valence-electron chi connectivity index (χ3n) is 2.44. The summed E-state index contributed by atoms with van der Waals surface area (Å²) < 4.78 is 9.83. The highest BCUT2D eigenvalue weighted by Gasteiger charge is 2.32. The van der Waals surface area contributed by atoms with Gasteiger partial charge in [0, 0.05) is 7.11 Å². The number of rotatable bonds is 6. The van der Waals surface area contributed by atoms with Gasteiger partial charge in [0.1, 0.15) is 5.60 Å². The van der Waals surface area contributed by atoms with E-state index < -0.39 is 11.6 Å². The average Bonchev–Trinajstić information content (AvgIpc) is 2.30. The maximum atomic E-state index is 11.5. The molecule has 0 saturated heterocycles. The number of esters is 1. The summed E-state index contributed by atoms with van der Waals surface area (Å²) in [5.41, 5.74) is -0.683. The van der Waals surface area contributed by atoms with Gasteiger partial charge in [-0.1, -0.05) is 30.3 Å². The van der Waals surface area contributed by atoms with Gasteiger partial charge in [0.25, 0.3) is 0 Å². The average molecular weight is 238 g/mol. The Morgan fingerprint density at radius 1 is 1.35 bits per heavy atom. The van der Waals surface area contributed by atoms with Crippen molar-refractivity contribution in [2.45, 2.75) is 18.9 Å². The Kier molecular flexibility index (Phi) is 5.12. The van der Waals surface area contributed by atoms with E-state index in [9.17, 15) is 9.90 Å². The predicted molar refractivity (Wildman–Crippen MR) is 63.5 cm³/mol. The van der Waals surface area contributed by atoms with Crippen LogP contribution in [0.15, 0.2) is 30.3 Å². The van der Waals surface area contributed by atoms with Crippen LogP contribution in [0, 0.1) is 0 Å². The molecule has 4 heteroatoms. The molecule has 0 aromatic heterocycles. The molecule has 0 aliphatic rings. The highest BCUT2D eigenvalue weighted by atomic mass is 16.5. The minimum absolute atomic E-state index is 0.0514. The minimum Gasteiger partial charge on any atom is -0.466 e. The largest absolute Gasteiger partial charge is 0.466 e. The lowest BCUT2D eigenvalue weighted by atomic mass is 9.91. The third kappa shape index (κ3) is 3.84. The molecule has 1 rings (SSSR count). The van der Waals surface area contributed by atoms with Crippen molar-refractivity contribution in [1.29, 1.82) is 0 Å². The first-order valence-electron chi connectivity index (χ1n) is 5.55. The molecule has 0 heterocycles. The maximum absolute atomic E-state index is 11.5. The van der Waals surface area contributed by atoms with Crippen molar-refractivity contribution in [3.8, 4) is 0 Å². The van der Waals surface area contributed by atoms with Crippen molar-refractivity contribution in [3.63, 3.8) is 0 Å². The molecule has 0 amide bonds. The van der Waals surface area contributed by atoms with Crippen molar-refractivity contribution in [2.24, 2.45) is 0 Å². The van der Waals surface area contributed by atoms with Crippen LogP contribution in [0.1, 0.15) is 18.9 Å². The fourth-order valence-corrected chi connectivity index (χ4v) is 1.67. The molecule has 0 saturated carbocycles. The molecule has 0 aliphatic heterocycles. The maximum Gasteiger partial charge on any atom is 0.309 e. The molecular weight excluding hydrogens is 220 g/mol. The summed E-state index contributed by atoms with van der Waals surface area (Å²) in [6, 6.07) is 8.99. The summed E-state index contributed by atoms with van der Waals surface area (Å²) in [4.78, 5) is 11.5. The summed E-state index contributed by atoms with van der Waals surface area (Å²) in [5.74, 6) is -0.434. The molecule has 94 valence electrons. The molecular formula is C13H18O4. The monoisotopic (exact) mass is 238 g/mol. The van der Waals surface area contributed by atoms with Gasteiger partial charge in [-0.05, 0) is 12.5 Å². The van der Waals surface area contributed by atoms with Crippen LogP contribution in [-0.2, 0) is 19.9 Å². The van der Waals surface area contributed by atoms with Crippen LogP contribution < -0.4 is 0 Å². The first kappa shape index (κ1) is 13.7. The van der Waals surface area contributed by atoms with Gasteiger partial charge in [-0.3, -0.25) is 4.79 Å². The first-order valence-corrected chi connectivity index (χ1v) is 5.55. The van der Waals surface area contributed by atoms with E-state index in [1.165, 1.54) is 7.11 Å². The number of benzene rings is 1. The second-order valence-corrected chi connectivity index (χ2v) is 3.81. The third-order valence-corrected chi connectivity index (χ3v) is 2.44. The van der Waals surface area contributed by atoms with Gasteiger partial charge >= 0.3 is 5.97 Å². The van der Waals surface area contributed by atoms with E-state index in [0.29, 0.717) is 12.2 Å². The second kappa shape index (κ2) is 6.37. The summed E-state index contributed by atoms with van der Waals surface area (Å²) in [6.45, 7) is 2.09. The Morgan fingerprint density at radius 3 is 2.53 bits per heavy atom. The molecule has 0 spiro atoms. The fraction of sp³-hybridized carbons (Fsp3) is 0.462. The van der Waals surface area contributed by atoms with Gasteiger partial charge in [0.2, 0.25) is 0 Å². The van der Waals surface area contributed by atoms with Crippen LogP contribution in [0.5, 0.6) is 0 Å². The lowest BCUT2D eigenvalue weighted by Crippen LogP contribution is -2.34. The Hall–Kier alpha value is -1.39. The Bertz CT molecular complexity index is 350. The van der Waals surface area contributed by atoms with Gasteiger partial charge in [-0.2, -0.15) is 0 Å². The summed E-state index contributed by atoms with van der Waals surface area (Å²) in [7, 11) is 1.49. The molecule has 1 atom stereocenters. The van der Waals surface area contributed by atoms with E-state index >= 15 is 0 Å². The molecule has 1 N–H and O–H groups in total. The van der Waals surface area contributed by atoms with Crippen molar-refractivity contribution >= 4 is 5.97 Å². The quantitative estimate of drug-likeness (QED) is 0.763. The second-order valence-electron chi connectivity index (χ2n) is 3.81. The smallest absolute Gasteiger partial charge is 0.309 e. The van der Waals surface area contributed by atoms with E-state index in [4.69, 9.17) is 9.47 Å². The Balaban J connectivity index is 2.86. The Morgan fingerprint density at radius 2 is 2.00 bits per heavy atom. The van der Waals surface area contributed by atoms with E-state index in [1.54, 1.807) is 31.2 Å². The molecule has 1 aromatic rings. The van der Waals surface area contributed by atoms with E-state index in [1.807, 2.05) is 6.07 Å². The van der Waals surface area contributed by atoms with E-state index in [2.05, 4.69) is 0 Å². The number of methoxy groups -OCH3 is 1. The number of hydrogen-bond acceptors (Lipinski definition) is 4. The van der Waals surface area contributed by atoms with Crippen molar-refractivity contribution < 1.29 is 19.4 Å². The highest BCUT2D eigenvalue weighted by Crippen LogP contribution is 2.25. The van der Waals surface area contributed by atoms with Crippen LogP contribution in [-0.4, -0.2) is 31.4 Å². The summed E-state index contributed by atoms with van der Waals surface area (Å²) >= 11 is 0. The number of hydrogen-bond donors (Lipinski definition) is 1. The summed E-state index contributed by atoms with van der Waals surface area (Å²) in [5, 5.41) is 10.5. The van der Waals surface area contributed by atoms with Gasteiger partial charge in [0.05, 0.1) is 19.6 Å².